The van der Waals surface area contributed by atoms with E-state index in [1.807, 2.05) is 19.1 Å². The number of rotatable bonds is 2. The van der Waals surface area contributed by atoms with Crippen molar-refractivity contribution in [3.05, 3.63) is 88.8 Å². The van der Waals surface area contributed by atoms with Crippen LogP contribution in [0.25, 0.3) is 5.69 Å². The first-order valence-electron chi connectivity index (χ1n) is 9.75. The Hall–Kier alpha value is -4.05. The maximum atomic E-state index is 5.52. The topological polar surface area (TPSA) is 95.4 Å². The van der Waals surface area contributed by atoms with Crippen molar-refractivity contribution < 1.29 is 0 Å². The number of nitrogen functional groups attached to an aromatic ring is 1. The standard InChI is InChI=1S/C23H19N7/c1-15-21(11-16(12-25-15)7-8-17-13-26-23(24)27-14-17)30-28-20-10-9-19(22(20)29-30)18-5-3-2-4-6-18/h2-6,11-14,19H,9-10H2,1H3,(H2,24,26,27). The van der Waals surface area contributed by atoms with Gasteiger partial charge in [0.1, 0.15) is 5.69 Å². The van der Waals surface area contributed by atoms with Gasteiger partial charge in [-0.2, -0.15) is 10.2 Å². The lowest BCUT2D eigenvalue weighted by Crippen LogP contribution is -2.06. The molecule has 1 aliphatic carbocycles. The Bertz CT molecular complexity index is 1260. The maximum absolute atomic E-state index is 5.52. The lowest BCUT2D eigenvalue weighted by atomic mass is 9.97. The number of benzene rings is 1. The molecule has 0 saturated heterocycles. The molecule has 0 fully saturated rings. The quantitative estimate of drug-likeness (QED) is 0.526. The van der Waals surface area contributed by atoms with E-state index in [4.69, 9.17) is 15.9 Å². The summed E-state index contributed by atoms with van der Waals surface area (Å²) in [5, 5.41) is 9.58. The number of nitrogens with two attached hydrogens (primary N) is 1. The van der Waals surface area contributed by atoms with E-state index in [2.05, 4.69) is 51.1 Å². The normalized spacial score (nSPS) is 14.8. The first-order valence-corrected chi connectivity index (χ1v) is 9.75. The van der Waals surface area contributed by atoms with Crippen LogP contribution < -0.4 is 5.73 Å². The summed E-state index contributed by atoms with van der Waals surface area (Å²) < 4.78 is 0. The van der Waals surface area contributed by atoms with E-state index in [9.17, 15) is 0 Å². The molecule has 3 heterocycles. The van der Waals surface area contributed by atoms with Gasteiger partial charge in [-0.1, -0.05) is 42.2 Å². The zero-order valence-electron chi connectivity index (χ0n) is 16.4. The predicted molar refractivity (Wildman–Crippen MR) is 113 cm³/mol. The number of pyridine rings is 1. The molecule has 0 aliphatic heterocycles. The number of hydrogen-bond donors (Lipinski definition) is 1. The molecule has 30 heavy (non-hydrogen) atoms. The molecule has 5 rings (SSSR count). The fourth-order valence-corrected chi connectivity index (χ4v) is 3.67. The van der Waals surface area contributed by atoms with E-state index in [1.54, 1.807) is 23.4 Å². The van der Waals surface area contributed by atoms with Crippen LogP contribution in [0.15, 0.2) is 55.0 Å². The Balaban J connectivity index is 1.47. The molecule has 1 aromatic carbocycles. The predicted octanol–water partition coefficient (Wildman–Crippen LogP) is 2.82. The van der Waals surface area contributed by atoms with Crippen molar-refractivity contribution in [2.45, 2.75) is 25.7 Å². The first kappa shape index (κ1) is 18.0. The molecule has 0 saturated carbocycles. The number of aromatic nitrogens is 6. The van der Waals surface area contributed by atoms with Crippen molar-refractivity contribution in [2.24, 2.45) is 0 Å². The number of anilines is 1. The number of fused-ring (bicyclic) bond motifs is 1. The summed E-state index contributed by atoms with van der Waals surface area (Å²) in [7, 11) is 0. The van der Waals surface area contributed by atoms with Gasteiger partial charge in [0, 0.05) is 30.1 Å². The smallest absolute Gasteiger partial charge is 0.219 e. The fourth-order valence-electron chi connectivity index (χ4n) is 3.67. The number of hydrogen-bond acceptors (Lipinski definition) is 6. The van der Waals surface area contributed by atoms with Gasteiger partial charge >= 0.3 is 0 Å². The van der Waals surface area contributed by atoms with E-state index in [-0.39, 0.29) is 11.9 Å². The Morgan fingerprint density at radius 2 is 1.70 bits per heavy atom. The van der Waals surface area contributed by atoms with E-state index < -0.39 is 0 Å². The van der Waals surface area contributed by atoms with Crippen LogP contribution in [0.5, 0.6) is 0 Å². The highest BCUT2D eigenvalue weighted by Gasteiger charge is 2.29. The van der Waals surface area contributed by atoms with Crippen molar-refractivity contribution >= 4 is 5.95 Å². The first-order chi connectivity index (χ1) is 14.7. The monoisotopic (exact) mass is 393 g/mol. The zero-order valence-corrected chi connectivity index (χ0v) is 16.4. The second-order valence-electron chi connectivity index (χ2n) is 7.23. The van der Waals surface area contributed by atoms with Gasteiger partial charge in [-0.05, 0) is 31.4 Å². The van der Waals surface area contributed by atoms with Gasteiger partial charge in [0.05, 0.1) is 22.6 Å². The van der Waals surface area contributed by atoms with Crippen molar-refractivity contribution in [1.82, 2.24) is 29.9 Å². The highest BCUT2D eigenvalue weighted by molar-refractivity contribution is 5.47. The molecular weight excluding hydrogens is 374 g/mol. The molecule has 0 amide bonds. The number of nitrogens with zero attached hydrogens (tertiary/aromatic N) is 6. The van der Waals surface area contributed by atoms with Crippen molar-refractivity contribution in [1.29, 1.82) is 0 Å². The molecule has 1 atom stereocenters. The highest BCUT2D eigenvalue weighted by atomic mass is 15.5. The van der Waals surface area contributed by atoms with Gasteiger partial charge in [0.25, 0.3) is 0 Å². The molecule has 1 aliphatic rings. The summed E-state index contributed by atoms with van der Waals surface area (Å²) in [5.74, 6) is 6.65. The molecule has 2 N–H and O–H groups in total. The Morgan fingerprint density at radius 1 is 0.967 bits per heavy atom. The van der Waals surface area contributed by atoms with Gasteiger partial charge in [0.15, 0.2) is 0 Å². The summed E-state index contributed by atoms with van der Waals surface area (Å²) in [5.41, 5.74) is 12.0. The molecule has 7 nitrogen and oxygen atoms in total. The van der Waals surface area contributed by atoms with E-state index in [0.29, 0.717) is 5.56 Å². The molecule has 146 valence electrons. The third-order valence-corrected chi connectivity index (χ3v) is 5.21. The van der Waals surface area contributed by atoms with Crippen LogP contribution in [-0.2, 0) is 6.42 Å². The van der Waals surface area contributed by atoms with Crippen LogP contribution in [0.1, 0.15) is 46.1 Å². The van der Waals surface area contributed by atoms with E-state index in [1.165, 1.54) is 5.56 Å². The molecule has 1 unspecified atom stereocenters. The molecule has 7 heteroatoms. The van der Waals surface area contributed by atoms with Crippen LogP contribution >= 0.6 is 0 Å². The van der Waals surface area contributed by atoms with Crippen LogP contribution in [0.3, 0.4) is 0 Å². The summed E-state index contributed by atoms with van der Waals surface area (Å²) >= 11 is 0. The summed E-state index contributed by atoms with van der Waals surface area (Å²) in [6.07, 6.45) is 6.91. The lowest BCUT2D eigenvalue weighted by Gasteiger charge is -2.09. The number of aryl methyl sites for hydroxylation is 2. The third-order valence-electron chi connectivity index (χ3n) is 5.21. The van der Waals surface area contributed by atoms with Crippen molar-refractivity contribution in [2.75, 3.05) is 5.73 Å². The average molecular weight is 393 g/mol. The molecule has 4 aromatic rings. The molecule has 0 bridgehead atoms. The van der Waals surface area contributed by atoms with Gasteiger partial charge in [-0.25, -0.2) is 9.97 Å². The Morgan fingerprint density at radius 3 is 2.50 bits per heavy atom. The largest absolute Gasteiger partial charge is 0.368 e. The second-order valence-corrected chi connectivity index (χ2v) is 7.23. The van der Waals surface area contributed by atoms with Crippen LogP contribution in [0.4, 0.5) is 5.95 Å². The van der Waals surface area contributed by atoms with Gasteiger partial charge in [-0.15, -0.1) is 4.80 Å². The second kappa shape index (κ2) is 7.41. The van der Waals surface area contributed by atoms with Crippen molar-refractivity contribution in [3.63, 3.8) is 0 Å². The molecule has 0 spiro atoms. The lowest BCUT2D eigenvalue weighted by molar-refractivity contribution is 0.666. The van der Waals surface area contributed by atoms with Crippen LogP contribution in [-0.4, -0.2) is 29.9 Å². The van der Waals surface area contributed by atoms with Crippen LogP contribution in [0.2, 0.25) is 0 Å². The summed E-state index contributed by atoms with van der Waals surface area (Å²) in [6, 6.07) is 12.4. The molecule has 0 radical (unpaired) electrons. The van der Waals surface area contributed by atoms with E-state index in [0.717, 1.165) is 41.2 Å². The Labute approximate surface area is 174 Å². The highest BCUT2D eigenvalue weighted by Crippen LogP contribution is 2.36. The summed E-state index contributed by atoms with van der Waals surface area (Å²) in [4.78, 5) is 14.1. The SMILES string of the molecule is Cc1ncc(C#Cc2cnc(N)nc2)cc1-n1nc2c(n1)C(c1ccccc1)CC2. The third kappa shape index (κ3) is 3.40. The van der Waals surface area contributed by atoms with Gasteiger partial charge in [-0.3, -0.25) is 4.98 Å². The zero-order chi connectivity index (χ0) is 20.5. The maximum Gasteiger partial charge on any atom is 0.219 e. The van der Waals surface area contributed by atoms with E-state index >= 15 is 0 Å². The minimum atomic E-state index is 0.228. The minimum absolute atomic E-state index is 0.228. The van der Waals surface area contributed by atoms with Gasteiger partial charge < -0.3 is 5.73 Å². The molecular formula is C23H19N7. The van der Waals surface area contributed by atoms with Gasteiger partial charge in [0.2, 0.25) is 5.95 Å². The minimum Gasteiger partial charge on any atom is -0.368 e. The summed E-state index contributed by atoms with van der Waals surface area (Å²) in [6.45, 7) is 1.95. The average Bonchev–Trinajstić information content (AvgIpc) is 3.36. The Kier molecular flexibility index (Phi) is 4.45. The van der Waals surface area contributed by atoms with Crippen molar-refractivity contribution in [3.8, 4) is 17.5 Å². The molecule has 3 aromatic heterocycles. The fraction of sp³-hybridized carbons (Fsp3) is 0.174. The van der Waals surface area contributed by atoms with Crippen LogP contribution in [0, 0.1) is 18.8 Å².